The molecule has 3 heteroatoms. The van der Waals surface area contributed by atoms with Crippen molar-refractivity contribution in [1.82, 2.24) is 0 Å². The zero-order valence-corrected chi connectivity index (χ0v) is 12.1. The Morgan fingerprint density at radius 2 is 1.86 bits per heavy atom. The van der Waals surface area contributed by atoms with E-state index in [-0.39, 0.29) is 5.97 Å². The zero-order chi connectivity index (χ0) is 14.7. The molecular formula is C18H19NO2. The summed E-state index contributed by atoms with van der Waals surface area (Å²) in [6.45, 7) is 0.723. The minimum atomic E-state index is -0.312. The second-order valence-corrected chi connectivity index (χ2v) is 5.36. The van der Waals surface area contributed by atoms with Crippen LogP contribution in [0, 0.1) is 0 Å². The highest BCUT2D eigenvalue weighted by Gasteiger charge is 2.25. The van der Waals surface area contributed by atoms with Crippen LogP contribution in [0.4, 0.5) is 5.69 Å². The first kappa shape index (κ1) is 13.7. The van der Waals surface area contributed by atoms with Gasteiger partial charge in [-0.3, -0.25) is 0 Å². The molecule has 1 aliphatic carbocycles. The van der Waals surface area contributed by atoms with Gasteiger partial charge in [0.15, 0.2) is 0 Å². The summed E-state index contributed by atoms with van der Waals surface area (Å²) < 4.78 is 4.82. The first-order chi connectivity index (χ1) is 10.3. The normalized spacial score (nSPS) is 13.8. The number of carbonyl (C=O) groups is 1. The highest BCUT2D eigenvalue weighted by molar-refractivity contribution is 5.95. The average Bonchev–Trinajstić information content (AvgIpc) is 3.37. The molecule has 0 aliphatic heterocycles. The first-order valence-electron chi connectivity index (χ1n) is 7.28. The number of methoxy groups -OCH3 is 1. The van der Waals surface area contributed by atoms with Crippen LogP contribution < -0.4 is 5.32 Å². The third-order valence-corrected chi connectivity index (χ3v) is 3.87. The van der Waals surface area contributed by atoms with Gasteiger partial charge < -0.3 is 10.1 Å². The van der Waals surface area contributed by atoms with E-state index in [1.165, 1.54) is 31.1 Å². The lowest BCUT2D eigenvalue weighted by atomic mass is 10.0. The van der Waals surface area contributed by atoms with Crippen molar-refractivity contribution in [3.05, 3.63) is 65.2 Å². The second kappa shape index (κ2) is 6.00. The smallest absolute Gasteiger partial charge is 0.339 e. The van der Waals surface area contributed by atoms with Crippen molar-refractivity contribution in [1.29, 1.82) is 0 Å². The molecule has 0 spiro atoms. The van der Waals surface area contributed by atoms with Crippen molar-refractivity contribution in [2.45, 2.75) is 25.3 Å². The van der Waals surface area contributed by atoms with Gasteiger partial charge in [0.1, 0.15) is 0 Å². The molecule has 2 aromatic carbocycles. The van der Waals surface area contributed by atoms with E-state index in [9.17, 15) is 4.79 Å². The summed E-state index contributed by atoms with van der Waals surface area (Å²) in [5.41, 5.74) is 4.12. The molecule has 108 valence electrons. The second-order valence-electron chi connectivity index (χ2n) is 5.36. The van der Waals surface area contributed by atoms with E-state index in [4.69, 9.17) is 4.74 Å². The van der Waals surface area contributed by atoms with Crippen molar-refractivity contribution in [3.63, 3.8) is 0 Å². The minimum absolute atomic E-state index is 0.312. The number of hydrogen-bond donors (Lipinski definition) is 1. The number of esters is 1. The Bertz CT molecular complexity index is 647. The summed E-state index contributed by atoms with van der Waals surface area (Å²) in [5.74, 6) is 0.410. The Labute approximate surface area is 124 Å². The van der Waals surface area contributed by atoms with E-state index in [2.05, 4.69) is 29.6 Å². The lowest BCUT2D eigenvalue weighted by molar-refractivity contribution is 0.0602. The fourth-order valence-corrected chi connectivity index (χ4v) is 2.60. The maximum absolute atomic E-state index is 11.8. The van der Waals surface area contributed by atoms with Crippen molar-refractivity contribution in [3.8, 4) is 0 Å². The molecule has 0 radical (unpaired) electrons. The van der Waals surface area contributed by atoms with Gasteiger partial charge in [0, 0.05) is 12.2 Å². The molecule has 1 aliphatic rings. The molecule has 0 bridgehead atoms. The summed E-state index contributed by atoms with van der Waals surface area (Å²) in [6.07, 6.45) is 2.57. The highest BCUT2D eigenvalue weighted by Crippen LogP contribution is 2.41. The summed E-state index contributed by atoms with van der Waals surface area (Å²) in [7, 11) is 1.40. The maximum Gasteiger partial charge on any atom is 0.339 e. The van der Waals surface area contributed by atoms with Gasteiger partial charge in [0.05, 0.1) is 12.7 Å². The Hall–Kier alpha value is -2.29. The zero-order valence-electron chi connectivity index (χ0n) is 12.1. The van der Waals surface area contributed by atoms with Crippen molar-refractivity contribution >= 4 is 11.7 Å². The molecule has 3 rings (SSSR count). The van der Waals surface area contributed by atoms with Crippen LogP contribution in [0.2, 0.25) is 0 Å². The Morgan fingerprint density at radius 3 is 2.62 bits per heavy atom. The number of ether oxygens (including phenoxy) is 1. The van der Waals surface area contributed by atoms with E-state index in [1.807, 2.05) is 18.2 Å². The van der Waals surface area contributed by atoms with Crippen LogP contribution in [0.15, 0.2) is 48.5 Å². The minimum Gasteiger partial charge on any atom is -0.465 e. The molecule has 1 fully saturated rings. The van der Waals surface area contributed by atoms with Gasteiger partial charge in [-0.15, -0.1) is 0 Å². The number of nitrogens with one attached hydrogen (secondary N) is 1. The summed E-state index contributed by atoms with van der Waals surface area (Å²) in [4.78, 5) is 11.8. The SMILES string of the molecule is COC(=O)c1ccccc1NCc1ccccc1C1CC1. The van der Waals surface area contributed by atoms with Crippen molar-refractivity contribution in [2.75, 3.05) is 12.4 Å². The molecule has 1 N–H and O–H groups in total. The molecule has 0 aromatic heterocycles. The van der Waals surface area contributed by atoms with Crippen LogP contribution in [0.25, 0.3) is 0 Å². The van der Waals surface area contributed by atoms with E-state index >= 15 is 0 Å². The summed E-state index contributed by atoms with van der Waals surface area (Å²) in [6, 6.07) is 16.0. The average molecular weight is 281 g/mol. The lowest BCUT2D eigenvalue weighted by Gasteiger charge is -2.13. The lowest BCUT2D eigenvalue weighted by Crippen LogP contribution is -2.09. The molecule has 1 saturated carbocycles. The van der Waals surface area contributed by atoms with Gasteiger partial charge in [0.25, 0.3) is 0 Å². The summed E-state index contributed by atoms with van der Waals surface area (Å²) >= 11 is 0. The predicted octanol–water partition coefficient (Wildman–Crippen LogP) is 3.96. The molecule has 0 unspecified atom stereocenters. The van der Waals surface area contributed by atoms with Crippen molar-refractivity contribution < 1.29 is 9.53 Å². The standard InChI is InChI=1S/C18H19NO2/c1-21-18(20)16-8-4-5-9-17(16)19-12-14-6-2-3-7-15(14)13-10-11-13/h2-9,13,19H,10-12H2,1H3. The molecule has 0 heterocycles. The predicted molar refractivity (Wildman–Crippen MR) is 83.5 cm³/mol. The summed E-state index contributed by atoms with van der Waals surface area (Å²) in [5, 5.41) is 3.37. The number of rotatable bonds is 5. The molecule has 21 heavy (non-hydrogen) atoms. The Kier molecular flexibility index (Phi) is 3.91. The molecule has 0 saturated heterocycles. The van der Waals surface area contributed by atoms with E-state index in [0.29, 0.717) is 5.56 Å². The molecule has 0 atom stereocenters. The quantitative estimate of drug-likeness (QED) is 0.843. The van der Waals surface area contributed by atoms with Crippen LogP contribution in [0.5, 0.6) is 0 Å². The largest absolute Gasteiger partial charge is 0.465 e. The van der Waals surface area contributed by atoms with E-state index < -0.39 is 0 Å². The van der Waals surface area contributed by atoms with Gasteiger partial charge in [-0.2, -0.15) is 0 Å². The van der Waals surface area contributed by atoms with Gasteiger partial charge >= 0.3 is 5.97 Å². The van der Waals surface area contributed by atoms with Crippen LogP contribution in [-0.2, 0) is 11.3 Å². The highest BCUT2D eigenvalue weighted by atomic mass is 16.5. The van der Waals surface area contributed by atoms with Crippen molar-refractivity contribution in [2.24, 2.45) is 0 Å². The van der Waals surface area contributed by atoms with Crippen LogP contribution >= 0.6 is 0 Å². The third kappa shape index (κ3) is 3.07. The van der Waals surface area contributed by atoms with Gasteiger partial charge in [-0.05, 0) is 42.0 Å². The Morgan fingerprint density at radius 1 is 1.14 bits per heavy atom. The van der Waals surface area contributed by atoms with Gasteiger partial charge in [-0.1, -0.05) is 36.4 Å². The van der Waals surface area contributed by atoms with Gasteiger partial charge in [-0.25, -0.2) is 4.79 Å². The van der Waals surface area contributed by atoms with Crippen LogP contribution in [0.3, 0.4) is 0 Å². The molecule has 2 aromatic rings. The maximum atomic E-state index is 11.8. The Balaban J connectivity index is 1.78. The number of para-hydroxylation sites is 1. The van der Waals surface area contributed by atoms with E-state index in [0.717, 1.165) is 18.2 Å². The number of anilines is 1. The van der Waals surface area contributed by atoms with Crippen LogP contribution in [-0.4, -0.2) is 13.1 Å². The fraction of sp³-hybridized carbons (Fsp3) is 0.278. The van der Waals surface area contributed by atoms with Crippen LogP contribution in [0.1, 0.15) is 40.2 Å². The topological polar surface area (TPSA) is 38.3 Å². The van der Waals surface area contributed by atoms with Gasteiger partial charge in [0.2, 0.25) is 0 Å². The fourth-order valence-electron chi connectivity index (χ4n) is 2.60. The number of carbonyl (C=O) groups excluding carboxylic acids is 1. The molecular weight excluding hydrogens is 262 g/mol. The molecule has 3 nitrogen and oxygen atoms in total. The monoisotopic (exact) mass is 281 g/mol. The third-order valence-electron chi connectivity index (χ3n) is 3.87. The number of hydrogen-bond acceptors (Lipinski definition) is 3. The van der Waals surface area contributed by atoms with E-state index in [1.54, 1.807) is 6.07 Å². The first-order valence-corrected chi connectivity index (χ1v) is 7.28. The molecule has 0 amide bonds. The number of benzene rings is 2.